The van der Waals surface area contributed by atoms with Gasteiger partial charge in [0.05, 0.1) is 23.7 Å². The number of carbonyl (C=O) groups is 3. The number of rotatable bonds is 1. The summed E-state index contributed by atoms with van der Waals surface area (Å²) in [6.07, 6.45) is 5.00. The Labute approximate surface area is 225 Å². The smallest absolute Gasteiger partial charge is 0.331 e. The normalized spacial score (nSPS) is 53.9. The van der Waals surface area contributed by atoms with Crippen LogP contribution in [0.2, 0.25) is 0 Å². The molecule has 11 atom stereocenters. The highest BCUT2D eigenvalue weighted by molar-refractivity contribution is 6.41. The van der Waals surface area contributed by atoms with Crippen LogP contribution in [-0.2, 0) is 42.8 Å². The minimum Gasteiger partial charge on any atom is -0.458 e. The summed E-state index contributed by atoms with van der Waals surface area (Å²) in [6.45, 7) is 4.46. The molecule has 4 aliphatic heterocycles. The standard InChI is InChI=1S/C29H34O10/c1-26-11-19-18(38-25-29(39-19)20(6-8-34-25)36-13-37-29)10-15(26)3-4-17-22(26)23(31)24(32)27(2)16(5-7-28(17,27)33)14-9-21(30)35-12-14/h9-10,16-20,22,25,33H,3-8,11-13H2,1-2H3/t16-,17-,18-,19-,20-,22-,25+,26+,27+,28+,29+/m1/s1. The predicted octanol–water partition coefficient (Wildman–Crippen LogP) is 1.73. The Hall–Kier alpha value is -1.95. The van der Waals surface area contributed by atoms with Gasteiger partial charge in [-0.3, -0.25) is 9.59 Å². The van der Waals surface area contributed by atoms with Crippen molar-refractivity contribution in [2.75, 3.05) is 20.0 Å². The van der Waals surface area contributed by atoms with Crippen LogP contribution >= 0.6 is 0 Å². The molecule has 0 aromatic carbocycles. The highest BCUT2D eigenvalue weighted by atomic mass is 16.9. The molecule has 8 rings (SSSR count). The van der Waals surface area contributed by atoms with E-state index < -0.39 is 64.0 Å². The molecule has 10 nitrogen and oxygen atoms in total. The number of cyclic esters (lactones) is 1. The molecule has 0 aromatic heterocycles. The Morgan fingerprint density at radius 1 is 1.08 bits per heavy atom. The van der Waals surface area contributed by atoms with Crippen molar-refractivity contribution in [1.82, 2.24) is 0 Å². The first-order chi connectivity index (χ1) is 18.6. The van der Waals surface area contributed by atoms with Crippen LogP contribution in [0.3, 0.4) is 0 Å². The molecule has 0 bridgehead atoms. The molecule has 10 heteroatoms. The second-order valence-electron chi connectivity index (χ2n) is 13.1. The van der Waals surface area contributed by atoms with Gasteiger partial charge in [-0.05, 0) is 56.4 Å². The van der Waals surface area contributed by atoms with Crippen LogP contribution in [0.4, 0.5) is 0 Å². The number of Topliss-reactive ketones (excluding diaryl/α,β-unsaturated/α-hetero) is 2. The van der Waals surface area contributed by atoms with Gasteiger partial charge in [-0.25, -0.2) is 4.79 Å². The third kappa shape index (κ3) is 2.90. The highest BCUT2D eigenvalue weighted by Gasteiger charge is 2.74. The summed E-state index contributed by atoms with van der Waals surface area (Å²) in [6, 6.07) is 0. The summed E-state index contributed by atoms with van der Waals surface area (Å²) < 4.78 is 35.8. The first kappa shape index (κ1) is 24.8. The summed E-state index contributed by atoms with van der Waals surface area (Å²) in [5.74, 6) is -4.01. The lowest BCUT2D eigenvalue weighted by atomic mass is 9.44. The van der Waals surface area contributed by atoms with Crippen LogP contribution in [0.25, 0.3) is 0 Å². The number of ether oxygens (including phenoxy) is 6. The number of hydrogen-bond acceptors (Lipinski definition) is 10. The van der Waals surface area contributed by atoms with Crippen molar-refractivity contribution in [3.63, 3.8) is 0 Å². The van der Waals surface area contributed by atoms with Crippen molar-refractivity contribution in [2.24, 2.45) is 28.6 Å². The minimum atomic E-state index is -1.36. The third-order valence-electron chi connectivity index (χ3n) is 11.6. The molecule has 39 heavy (non-hydrogen) atoms. The van der Waals surface area contributed by atoms with Gasteiger partial charge in [0.15, 0.2) is 6.79 Å². The Morgan fingerprint density at radius 2 is 1.92 bits per heavy atom. The minimum absolute atomic E-state index is 0.0984. The summed E-state index contributed by atoms with van der Waals surface area (Å²) in [4.78, 5) is 40.1. The lowest BCUT2D eigenvalue weighted by molar-refractivity contribution is -0.421. The van der Waals surface area contributed by atoms with Crippen molar-refractivity contribution < 1.29 is 47.9 Å². The number of ketones is 2. The van der Waals surface area contributed by atoms with E-state index in [1.54, 1.807) is 6.92 Å². The molecule has 3 saturated carbocycles. The van der Waals surface area contributed by atoms with Crippen LogP contribution in [-0.4, -0.2) is 78.6 Å². The average molecular weight is 543 g/mol. The molecule has 4 heterocycles. The fourth-order valence-corrected chi connectivity index (χ4v) is 9.68. The molecule has 3 saturated heterocycles. The van der Waals surface area contributed by atoms with E-state index in [0.717, 1.165) is 5.57 Å². The fraction of sp³-hybridized carbons (Fsp3) is 0.759. The molecule has 1 spiro atoms. The SMILES string of the molecule is C[C@]12C[C@H]3O[C@@]45OCO[C@@H]4CCO[C@H]5O[C@@H]3C=C1CC[C@@H]1[C@@H]2C(=O)C(=O)[C@]2(C)[C@@H](C3=CC(=O)OC3)CC[C@]12O. The van der Waals surface area contributed by atoms with E-state index in [0.29, 0.717) is 50.7 Å². The number of allylic oxidation sites excluding steroid dienone is 1. The maximum absolute atomic E-state index is 14.2. The molecular weight excluding hydrogens is 508 g/mol. The van der Waals surface area contributed by atoms with Gasteiger partial charge in [0.2, 0.25) is 23.6 Å². The number of aliphatic hydroxyl groups is 1. The number of fused-ring (bicyclic) bond motifs is 6. The summed E-state index contributed by atoms with van der Waals surface area (Å²) in [5.41, 5.74) is -1.57. The average Bonchev–Trinajstić information content (AvgIpc) is 3.60. The van der Waals surface area contributed by atoms with Crippen LogP contribution < -0.4 is 0 Å². The first-order valence-corrected chi connectivity index (χ1v) is 14.2. The summed E-state index contributed by atoms with van der Waals surface area (Å²) in [5, 5.41) is 12.4. The molecule has 0 aromatic rings. The Balaban J connectivity index is 1.16. The second-order valence-corrected chi connectivity index (χ2v) is 13.1. The van der Waals surface area contributed by atoms with E-state index in [1.165, 1.54) is 6.08 Å². The van der Waals surface area contributed by atoms with E-state index in [4.69, 9.17) is 28.4 Å². The number of carbonyl (C=O) groups excluding carboxylic acids is 3. The van der Waals surface area contributed by atoms with E-state index in [2.05, 4.69) is 6.08 Å². The van der Waals surface area contributed by atoms with Gasteiger partial charge in [0, 0.05) is 23.8 Å². The van der Waals surface area contributed by atoms with Gasteiger partial charge in [-0.2, -0.15) is 0 Å². The Kier molecular flexibility index (Phi) is 5.00. The van der Waals surface area contributed by atoms with Gasteiger partial charge in [0.1, 0.15) is 18.8 Å². The van der Waals surface area contributed by atoms with E-state index in [9.17, 15) is 19.5 Å². The maximum Gasteiger partial charge on any atom is 0.331 e. The van der Waals surface area contributed by atoms with Gasteiger partial charge >= 0.3 is 5.97 Å². The first-order valence-electron chi connectivity index (χ1n) is 14.2. The lowest BCUT2D eigenvalue weighted by Crippen LogP contribution is -2.70. The van der Waals surface area contributed by atoms with Gasteiger partial charge in [-0.1, -0.05) is 18.6 Å². The van der Waals surface area contributed by atoms with E-state index in [-0.39, 0.29) is 31.5 Å². The second kappa shape index (κ2) is 7.86. The van der Waals surface area contributed by atoms with Crippen LogP contribution in [0.1, 0.15) is 52.4 Å². The Bertz CT molecular complexity index is 1240. The molecule has 0 unspecified atom stereocenters. The molecule has 1 N–H and O–H groups in total. The van der Waals surface area contributed by atoms with Crippen molar-refractivity contribution in [2.45, 2.75) is 88.4 Å². The van der Waals surface area contributed by atoms with Crippen LogP contribution in [0.5, 0.6) is 0 Å². The van der Waals surface area contributed by atoms with Gasteiger partial charge in [-0.15, -0.1) is 0 Å². The zero-order chi connectivity index (χ0) is 26.9. The zero-order valence-corrected chi connectivity index (χ0v) is 22.2. The van der Waals surface area contributed by atoms with Crippen molar-refractivity contribution in [1.29, 1.82) is 0 Å². The van der Waals surface area contributed by atoms with E-state index in [1.807, 2.05) is 6.92 Å². The largest absolute Gasteiger partial charge is 0.458 e. The van der Waals surface area contributed by atoms with Gasteiger partial charge in [0.25, 0.3) is 0 Å². The molecule has 0 amide bonds. The third-order valence-corrected chi connectivity index (χ3v) is 11.6. The molecular formula is C29H34O10. The highest BCUT2D eigenvalue weighted by Crippen LogP contribution is 2.68. The maximum atomic E-state index is 14.2. The molecule has 210 valence electrons. The Morgan fingerprint density at radius 3 is 2.72 bits per heavy atom. The topological polar surface area (TPSA) is 127 Å². The van der Waals surface area contributed by atoms with E-state index >= 15 is 0 Å². The lowest BCUT2D eigenvalue weighted by Gasteiger charge is -2.61. The molecule has 6 fully saturated rings. The predicted molar refractivity (Wildman–Crippen MR) is 130 cm³/mol. The zero-order valence-electron chi connectivity index (χ0n) is 22.2. The van der Waals surface area contributed by atoms with Crippen molar-refractivity contribution >= 4 is 17.5 Å². The van der Waals surface area contributed by atoms with Crippen LogP contribution in [0.15, 0.2) is 23.3 Å². The molecule has 4 aliphatic carbocycles. The monoisotopic (exact) mass is 542 g/mol. The quantitative estimate of drug-likeness (QED) is 0.297. The molecule has 0 radical (unpaired) electrons. The van der Waals surface area contributed by atoms with Crippen molar-refractivity contribution in [3.05, 3.63) is 23.3 Å². The summed E-state index contributed by atoms with van der Waals surface area (Å²) >= 11 is 0. The van der Waals surface area contributed by atoms with Crippen molar-refractivity contribution in [3.8, 4) is 0 Å². The number of hydrogen-bond donors (Lipinski definition) is 1. The fourth-order valence-electron chi connectivity index (χ4n) is 9.68. The van der Waals surface area contributed by atoms with Gasteiger partial charge < -0.3 is 33.5 Å². The molecule has 8 aliphatic rings. The summed E-state index contributed by atoms with van der Waals surface area (Å²) in [7, 11) is 0. The number of esters is 1. The van der Waals surface area contributed by atoms with Crippen LogP contribution in [0, 0.1) is 28.6 Å².